The summed E-state index contributed by atoms with van der Waals surface area (Å²) in [5.41, 5.74) is 1.67. The first kappa shape index (κ1) is 23.0. The Bertz CT molecular complexity index is 1070. The molecule has 0 radical (unpaired) electrons. The van der Waals surface area contributed by atoms with E-state index < -0.39 is 6.04 Å². The lowest BCUT2D eigenvalue weighted by Gasteiger charge is -2.18. The highest BCUT2D eigenvalue weighted by Crippen LogP contribution is 2.29. The summed E-state index contributed by atoms with van der Waals surface area (Å²) in [5.74, 6) is -0.162. The van der Waals surface area contributed by atoms with Gasteiger partial charge in [-0.05, 0) is 42.2 Å². The fourth-order valence-electron chi connectivity index (χ4n) is 4.14. The van der Waals surface area contributed by atoms with E-state index in [0.29, 0.717) is 28.9 Å². The highest BCUT2D eigenvalue weighted by Gasteiger charge is 2.24. The summed E-state index contributed by atoms with van der Waals surface area (Å²) in [7, 11) is 0. The Kier molecular flexibility index (Phi) is 7.78. The van der Waals surface area contributed by atoms with Crippen molar-refractivity contribution in [1.29, 1.82) is 0 Å². The Hall–Kier alpha value is -3.13. The molecule has 1 fully saturated rings. The van der Waals surface area contributed by atoms with E-state index in [1.807, 2.05) is 30.3 Å². The van der Waals surface area contributed by atoms with Crippen LogP contribution in [-0.4, -0.2) is 28.1 Å². The molecule has 33 heavy (non-hydrogen) atoms. The molecule has 6 nitrogen and oxygen atoms in total. The molecule has 172 valence electrons. The molecule has 1 heterocycles. The molecule has 1 saturated carbocycles. The van der Waals surface area contributed by atoms with E-state index in [2.05, 4.69) is 20.8 Å². The maximum Gasteiger partial charge on any atom is 0.249 e. The number of hydrogen-bond acceptors (Lipinski definition) is 5. The summed E-state index contributed by atoms with van der Waals surface area (Å²) >= 11 is 1.20. The molecule has 0 aliphatic heterocycles. The second-order valence-corrected chi connectivity index (χ2v) is 9.39. The largest absolute Gasteiger partial charge is 0.344 e. The number of hydrogen-bond donors (Lipinski definition) is 2. The second kappa shape index (κ2) is 11.1. The van der Waals surface area contributed by atoms with Gasteiger partial charge in [0.1, 0.15) is 16.9 Å². The van der Waals surface area contributed by atoms with Gasteiger partial charge in [0, 0.05) is 18.4 Å². The lowest BCUT2D eigenvalue weighted by atomic mass is 10.0. The van der Waals surface area contributed by atoms with Gasteiger partial charge in [-0.25, -0.2) is 4.39 Å². The molecule has 1 atom stereocenters. The van der Waals surface area contributed by atoms with Gasteiger partial charge in [-0.1, -0.05) is 67.4 Å². The van der Waals surface area contributed by atoms with E-state index in [4.69, 9.17) is 0 Å². The highest BCUT2D eigenvalue weighted by atomic mass is 32.1. The second-order valence-electron chi connectivity index (χ2n) is 8.41. The number of benzene rings is 2. The van der Waals surface area contributed by atoms with E-state index in [1.54, 1.807) is 12.1 Å². The summed E-state index contributed by atoms with van der Waals surface area (Å²) in [6, 6.07) is 14.8. The predicted molar refractivity (Wildman–Crippen MR) is 127 cm³/mol. The van der Waals surface area contributed by atoms with Gasteiger partial charge in [0.15, 0.2) is 0 Å². The third kappa shape index (κ3) is 6.68. The predicted octanol–water partition coefficient (Wildman–Crippen LogP) is 4.98. The average molecular weight is 467 g/mol. The van der Waals surface area contributed by atoms with Crippen LogP contribution in [0.2, 0.25) is 0 Å². The van der Waals surface area contributed by atoms with Crippen molar-refractivity contribution in [3.8, 4) is 10.6 Å². The zero-order valence-corrected chi connectivity index (χ0v) is 19.1. The van der Waals surface area contributed by atoms with Crippen LogP contribution in [-0.2, 0) is 16.0 Å². The molecule has 0 spiro atoms. The molecule has 1 unspecified atom stereocenters. The van der Waals surface area contributed by atoms with Crippen LogP contribution < -0.4 is 10.6 Å². The van der Waals surface area contributed by atoms with Gasteiger partial charge in [-0.15, -0.1) is 10.2 Å². The molecule has 0 bridgehead atoms. The van der Waals surface area contributed by atoms with Gasteiger partial charge >= 0.3 is 0 Å². The van der Waals surface area contributed by atoms with Crippen LogP contribution in [0.3, 0.4) is 0 Å². The van der Waals surface area contributed by atoms with Crippen LogP contribution in [0.1, 0.15) is 44.1 Å². The molecule has 0 saturated heterocycles. The first-order valence-corrected chi connectivity index (χ1v) is 12.1. The summed E-state index contributed by atoms with van der Waals surface area (Å²) in [4.78, 5) is 25.7. The number of carbonyl (C=O) groups excluding carboxylic acids is 2. The third-order valence-electron chi connectivity index (χ3n) is 5.94. The number of carbonyl (C=O) groups is 2. The van der Waals surface area contributed by atoms with Crippen molar-refractivity contribution in [1.82, 2.24) is 15.5 Å². The van der Waals surface area contributed by atoms with Crippen molar-refractivity contribution < 1.29 is 14.0 Å². The van der Waals surface area contributed by atoms with Crippen molar-refractivity contribution in [2.24, 2.45) is 5.92 Å². The van der Waals surface area contributed by atoms with Gasteiger partial charge in [-0.2, -0.15) is 0 Å². The minimum Gasteiger partial charge on any atom is -0.344 e. The summed E-state index contributed by atoms with van der Waals surface area (Å²) in [6.07, 6.45) is 6.54. The van der Waals surface area contributed by atoms with E-state index in [1.165, 1.54) is 49.2 Å². The zero-order valence-electron chi connectivity index (χ0n) is 18.3. The molecule has 1 aromatic heterocycles. The van der Waals surface area contributed by atoms with Crippen LogP contribution in [0.5, 0.6) is 0 Å². The number of halogens is 1. The lowest BCUT2D eigenvalue weighted by molar-refractivity contribution is -0.126. The lowest BCUT2D eigenvalue weighted by Crippen LogP contribution is -2.45. The van der Waals surface area contributed by atoms with Crippen molar-refractivity contribution in [3.05, 3.63) is 66.0 Å². The van der Waals surface area contributed by atoms with Crippen molar-refractivity contribution in [2.75, 3.05) is 5.32 Å². The standard InChI is InChI=1S/C25H27FN4O2S/c26-20-13-11-19(12-14-20)24-29-30-25(33-24)28-23(32)21(16-18-8-2-1-3-9-18)27-22(31)15-10-17-6-4-5-7-17/h1-3,8-9,11-14,17,21H,4-7,10,15-16H2,(H,27,31)(H,28,30,32). The fourth-order valence-corrected chi connectivity index (χ4v) is 4.89. The molecule has 2 aromatic carbocycles. The number of amides is 2. The Balaban J connectivity index is 1.41. The fraction of sp³-hybridized carbons (Fsp3) is 0.360. The first-order valence-electron chi connectivity index (χ1n) is 11.3. The van der Waals surface area contributed by atoms with Crippen LogP contribution in [0.15, 0.2) is 54.6 Å². The van der Waals surface area contributed by atoms with Crippen LogP contribution in [0, 0.1) is 11.7 Å². The molecule has 8 heteroatoms. The van der Waals surface area contributed by atoms with Gasteiger partial charge < -0.3 is 5.32 Å². The van der Waals surface area contributed by atoms with E-state index >= 15 is 0 Å². The van der Waals surface area contributed by atoms with E-state index in [9.17, 15) is 14.0 Å². The maximum absolute atomic E-state index is 13.2. The van der Waals surface area contributed by atoms with E-state index in [-0.39, 0.29) is 17.6 Å². The molecule has 1 aliphatic rings. The summed E-state index contributed by atoms with van der Waals surface area (Å²) < 4.78 is 13.2. The Morgan fingerprint density at radius 2 is 1.76 bits per heavy atom. The third-order valence-corrected chi connectivity index (χ3v) is 6.82. The quantitative estimate of drug-likeness (QED) is 0.466. The van der Waals surface area contributed by atoms with Crippen LogP contribution >= 0.6 is 11.3 Å². The summed E-state index contributed by atoms with van der Waals surface area (Å²) in [6.45, 7) is 0. The van der Waals surface area contributed by atoms with Gasteiger partial charge in [0.05, 0.1) is 0 Å². The Morgan fingerprint density at radius 3 is 2.48 bits per heavy atom. The normalized spacial score (nSPS) is 14.7. The highest BCUT2D eigenvalue weighted by molar-refractivity contribution is 7.18. The molecule has 3 aromatic rings. The summed E-state index contributed by atoms with van der Waals surface area (Å²) in [5, 5.41) is 14.7. The number of nitrogens with zero attached hydrogens (tertiary/aromatic N) is 2. The Morgan fingerprint density at radius 1 is 1.03 bits per heavy atom. The minimum atomic E-state index is -0.721. The first-order chi connectivity index (χ1) is 16.1. The zero-order chi connectivity index (χ0) is 23.0. The molecule has 4 rings (SSSR count). The number of aromatic nitrogens is 2. The van der Waals surface area contributed by atoms with Crippen LogP contribution in [0.25, 0.3) is 10.6 Å². The molecule has 2 N–H and O–H groups in total. The SMILES string of the molecule is O=C(CCC1CCCC1)NC(Cc1ccccc1)C(=O)Nc1nnc(-c2ccc(F)cc2)s1. The van der Waals surface area contributed by atoms with Crippen molar-refractivity contribution >= 4 is 28.3 Å². The van der Waals surface area contributed by atoms with Crippen molar-refractivity contribution in [2.45, 2.75) is 51.0 Å². The maximum atomic E-state index is 13.2. The Labute approximate surface area is 196 Å². The average Bonchev–Trinajstić information content (AvgIpc) is 3.51. The van der Waals surface area contributed by atoms with Gasteiger partial charge in [-0.3, -0.25) is 14.9 Å². The minimum absolute atomic E-state index is 0.109. The molecular weight excluding hydrogens is 439 g/mol. The van der Waals surface area contributed by atoms with Crippen molar-refractivity contribution in [3.63, 3.8) is 0 Å². The monoisotopic (exact) mass is 466 g/mol. The van der Waals surface area contributed by atoms with Gasteiger partial charge in [0.25, 0.3) is 0 Å². The van der Waals surface area contributed by atoms with Crippen LogP contribution in [0.4, 0.5) is 9.52 Å². The molecule has 2 amide bonds. The number of anilines is 1. The smallest absolute Gasteiger partial charge is 0.249 e. The van der Waals surface area contributed by atoms with Gasteiger partial charge in [0.2, 0.25) is 16.9 Å². The molecule has 1 aliphatic carbocycles. The number of nitrogens with one attached hydrogen (secondary N) is 2. The van der Waals surface area contributed by atoms with E-state index in [0.717, 1.165) is 17.5 Å². The molecular formula is C25H27FN4O2S. The topological polar surface area (TPSA) is 84.0 Å². The number of rotatable bonds is 9.